The standard InChI is InChI=1S/C13H17NO4/c15-4-3-14-12(16)10-6-1-2-7(9-5-8(6)9)11(10)13(17)18/h1-2,6-11,15H,3-5H2,(H,14,16)(H,17,18)/t6-,7-,8-,9+,10-,11-/m0/s1. The molecule has 2 saturated carbocycles. The largest absolute Gasteiger partial charge is 0.481 e. The third kappa shape index (κ3) is 1.57. The summed E-state index contributed by atoms with van der Waals surface area (Å²) < 4.78 is 0. The van der Waals surface area contributed by atoms with Gasteiger partial charge in [0.15, 0.2) is 0 Å². The molecule has 0 aromatic carbocycles. The molecule has 0 radical (unpaired) electrons. The van der Waals surface area contributed by atoms with E-state index >= 15 is 0 Å². The first kappa shape index (κ1) is 11.7. The number of aliphatic hydroxyl groups excluding tert-OH is 1. The number of hydrogen-bond donors (Lipinski definition) is 3. The monoisotopic (exact) mass is 251 g/mol. The minimum Gasteiger partial charge on any atom is -0.481 e. The zero-order chi connectivity index (χ0) is 12.9. The first-order valence-electron chi connectivity index (χ1n) is 6.45. The molecule has 5 heteroatoms. The summed E-state index contributed by atoms with van der Waals surface area (Å²) in [6.07, 6.45) is 5.07. The molecule has 6 atom stereocenters. The summed E-state index contributed by atoms with van der Waals surface area (Å²) in [7, 11) is 0. The van der Waals surface area contributed by atoms with Gasteiger partial charge in [0, 0.05) is 6.54 Å². The van der Waals surface area contributed by atoms with Gasteiger partial charge in [-0.25, -0.2) is 0 Å². The van der Waals surface area contributed by atoms with Crippen molar-refractivity contribution in [2.45, 2.75) is 6.42 Å². The maximum Gasteiger partial charge on any atom is 0.307 e. The topological polar surface area (TPSA) is 86.6 Å². The van der Waals surface area contributed by atoms with Crippen molar-refractivity contribution < 1.29 is 19.8 Å². The van der Waals surface area contributed by atoms with Crippen LogP contribution in [0.4, 0.5) is 0 Å². The number of aliphatic hydroxyl groups is 1. The molecule has 5 nitrogen and oxygen atoms in total. The van der Waals surface area contributed by atoms with Gasteiger partial charge in [-0.2, -0.15) is 0 Å². The van der Waals surface area contributed by atoms with Gasteiger partial charge in [0.05, 0.1) is 18.4 Å². The Kier molecular flexibility index (Phi) is 2.66. The molecule has 4 aliphatic rings. The number of rotatable bonds is 4. The van der Waals surface area contributed by atoms with Crippen LogP contribution in [-0.2, 0) is 9.59 Å². The van der Waals surface area contributed by atoms with Gasteiger partial charge < -0.3 is 15.5 Å². The van der Waals surface area contributed by atoms with Gasteiger partial charge in [0.25, 0.3) is 0 Å². The Hall–Kier alpha value is -1.36. The molecule has 3 N–H and O–H groups in total. The van der Waals surface area contributed by atoms with Crippen LogP contribution >= 0.6 is 0 Å². The molecule has 0 aromatic rings. The fourth-order valence-corrected chi connectivity index (χ4v) is 3.87. The van der Waals surface area contributed by atoms with E-state index < -0.39 is 17.8 Å². The Bertz CT molecular complexity index is 419. The Morgan fingerprint density at radius 3 is 2.33 bits per heavy atom. The van der Waals surface area contributed by atoms with E-state index in [-0.39, 0.29) is 30.9 Å². The molecule has 1 amide bonds. The highest BCUT2D eigenvalue weighted by atomic mass is 16.4. The molecule has 0 spiro atoms. The number of allylic oxidation sites excluding steroid dienone is 2. The molecule has 2 bridgehead atoms. The minimum atomic E-state index is -0.871. The van der Waals surface area contributed by atoms with Crippen LogP contribution in [-0.4, -0.2) is 35.2 Å². The van der Waals surface area contributed by atoms with E-state index in [0.29, 0.717) is 11.8 Å². The highest BCUT2D eigenvalue weighted by molar-refractivity contribution is 5.86. The lowest BCUT2D eigenvalue weighted by molar-refractivity contribution is -0.153. The van der Waals surface area contributed by atoms with Crippen molar-refractivity contribution in [1.82, 2.24) is 5.32 Å². The van der Waals surface area contributed by atoms with Crippen LogP contribution in [0.5, 0.6) is 0 Å². The Morgan fingerprint density at radius 1 is 1.17 bits per heavy atom. The Morgan fingerprint density at radius 2 is 1.78 bits per heavy atom. The lowest BCUT2D eigenvalue weighted by Gasteiger charge is -2.41. The number of carboxylic acid groups (broad SMARTS) is 1. The van der Waals surface area contributed by atoms with E-state index in [1.807, 2.05) is 12.2 Å². The molecular formula is C13H17NO4. The van der Waals surface area contributed by atoms with Crippen molar-refractivity contribution >= 4 is 11.9 Å². The zero-order valence-electron chi connectivity index (χ0n) is 9.95. The zero-order valence-corrected chi connectivity index (χ0v) is 9.95. The lowest BCUT2D eigenvalue weighted by Crippen LogP contribution is -2.50. The van der Waals surface area contributed by atoms with Gasteiger partial charge >= 0.3 is 5.97 Å². The van der Waals surface area contributed by atoms with Crippen molar-refractivity contribution in [3.05, 3.63) is 12.2 Å². The number of carboxylic acids is 1. The van der Waals surface area contributed by atoms with Crippen molar-refractivity contribution in [3.63, 3.8) is 0 Å². The molecule has 0 saturated heterocycles. The number of fused-ring (bicyclic) bond motifs is 1. The quantitative estimate of drug-likeness (QED) is 0.607. The summed E-state index contributed by atoms with van der Waals surface area (Å²) in [5.74, 6) is -1.09. The summed E-state index contributed by atoms with van der Waals surface area (Å²) in [5, 5.41) is 20.7. The first-order chi connectivity index (χ1) is 8.65. The van der Waals surface area contributed by atoms with E-state index in [2.05, 4.69) is 5.32 Å². The highest BCUT2D eigenvalue weighted by Gasteiger charge is 2.62. The van der Waals surface area contributed by atoms with Crippen LogP contribution in [0, 0.1) is 35.5 Å². The van der Waals surface area contributed by atoms with Gasteiger partial charge in [0.2, 0.25) is 5.91 Å². The number of carbonyl (C=O) groups excluding carboxylic acids is 1. The van der Waals surface area contributed by atoms with Gasteiger partial charge in [-0.3, -0.25) is 9.59 Å². The normalized spacial score (nSPS) is 43.4. The predicted octanol–water partition coefficient (Wildman–Crippen LogP) is -0.136. The Balaban J connectivity index is 1.84. The smallest absolute Gasteiger partial charge is 0.307 e. The molecule has 0 aromatic heterocycles. The van der Waals surface area contributed by atoms with Crippen LogP contribution < -0.4 is 5.32 Å². The van der Waals surface area contributed by atoms with Crippen molar-refractivity contribution in [2.75, 3.05) is 13.2 Å². The van der Waals surface area contributed by atoms with Crippen LogP contribution in [0.1, 0.15) is 6.42 Å². The SMILES string of the molecule is O=C(O)[C@H]1[C@H]2C=C[C@@H]([C@@H]3C[C@H]23)[C@@H]1C(=O)NCCO. The van der Waals surface area contributed by atoms with Crippen LogP contribution in [0.3, 0.4) is 0 Å². The van der Waals surface area contributed by atoms with E-state index in [1.165, 1.54) is 0 Å². The van der Waals surface area contributed by atoms with Crippen molar-refractivity contribution in [3.8, 4) is 0 Å². The summed E-state index contributed by atoms with van der Waals surface area (Å²) in [6, 6.07) is 0. The lowest BCUT2D eigenvalue weighted by atomic mass is 9.62. The molecule has 0 heterocycles. The average molecular weight is 251 g/mol. The first-order valence-corrected chi connectivity index (χ1v) is 6.45. The predicted molar refractivity (Wildman–Crippen MR) is 62.4 cm³/mol. The van der Waals surface area contributed by atoms with Crippen molar-refractivity contribution in [2.24, 2.45) is 35.5 Å². The number of amides is 1. The highest BCUT2D eigenvalue weighted by Crippen LogP contribution is 2.63. The average Bonchev–Trinajstić information content (AvgIpc) is 3.16. The molecule has 18 heavy (non-hydrogen) atoms. The van der Waals surface area contributed by atoms with Crippen molar-refractivity contribution in [1.29, 1.82) is 0 Å². The summed E-state index contributed by atoms with van der Waals surface area (Å²) in [4.78, 5) is 23.5. The second kappa shape index (κ2) is 4.09. The number of nitrogens with one attached hydrogen (secondary N) is 1. The summed E-state index contributed by atoms with van der Waals surface area (Å²) in [6.45, 7) is 0.0725. The molecule has 4 aliphatic carbocycles. The molecule has 98 valence electrons. The maximum atomic E-state index is 12.1. The molecule has 2 fully saturated rings. The van der Waals surface area contributed by atoms with Crippen LogP contribution in [0.2, 0.25) is 0 Å². The maximum absolute atomic E-state index is 12.1. The molecule has 0 unspecified atom stereocenters. The molecule has 4 rings (SSSR count). The minimum absolute atomic E-state index is 0.0161. The second-order valence-corrected chi connectivity index (χ2v) is 5.51. The van der Waals surface area contributed by atoms with Gasteiger partial charge in [-0.15, -0.1) is 0 Å². The van der Waals surface area contributed by atoms with Crippen LogP contribution in [0.25, 0.3) is 0 Å². The number of hydrogen-bond acceptors (Lipinski definition) is 3. The third-order valence-corrected chi connectivity index (χ3v) is 4.65. The number of carbonyl (C=O) groups is 2. The van der Waals surface area contributed by atoms with Crippen LogP contribution in [0.15, 0.2) is 12.2 Å². The Labute approximate surface area is 105 Å². The van der Waals surface area contributed by atoms with E-state index in [4.69, 9.17) is 5.11 Å². The summed E-state index contributed by atoms with van der Waals surface area (Å²) in [5.41, 5.74) is 0. The van der Waals surface area contributed by atoms with E-state index in [1.54, 1.807) is 0 Å². The fourth-order valence-electron chi connectivity index (χ4n) is 3.87. The second-order valence-electron chi connectivity index (χ2n) is 5.51. The third-order valence-electron chi connectivity index (χ3n) is 4.65. The van der Waals surface area contributed by atoms with Gasteiger partial charge in [-0.1, -0.05) is 12.2 Å². The fraction of sp³-hybridized carbons (Fsp3) is 0.692. The van der Waals surface area contributed by atoms with Gasteiger partial charge in [0.1, 0.15) is 0 Å². The molecule has 0 aliphatic heterocycles. The summed E-state index contributed by atoms with van der Waals surface area (Å²) >= 11 is 0. The molecular weight excluding hydrogens is 234 g/mol. The van der Waals surface area contributed by atoms with Gasteiger partial charge in [-0.05, 0) is 30.1 Å². The number of aliphatic carboxylic acids is 1. The van der Waals surface area contributed by atoms with E-state index in [9.17, 15) is 14.7 Å². The van der Waals surface area contributed by atoms with E-state index in [0.717, 1.165) is 6.42 Å².